The lowest BCUT2D eigenvalue weighted by Gasteiger charge is -2.27. The topological polar surface area (TPSA) is 101 Å². The molecule has 0 spiro atoms. The van der Waals surface area contributed by atoms with E-state index in [1.165, 1.54) is 23.1 Å². The third-order valence-electron chi connectivity index (χ3n) is 9.14. The number of carboxylic acid groups (broad SMARTS) is 1. The maximum Gasteiger partial charge on any atom is 0.417 e. The van der Waals surface area contributed by atoms with Crippen LogP contribution in [0.2, 0.25) is 5.02 Å². The van der Waals surface area contributed by atoms with Crippen molar-refractivity contribution >= 4 is 57.9 Å². The van der Waals surface area contributed by atoms with Crippen LogP contribution in [0.1, 0.15) is 33.5 Å². The van der Waals surface area contributed by atoms with Gasteiger partial charge in [-0.2, -0.15) is 13.2 Å². The van der Waals surface area contributed by atoms with E-state index < -0.39 is 22.7 Å². The molecule has 6 rings (SSSR count). The van der Waals surface area contributed by atoms with Gasteiger partial charge in [0.25, 0.3) is 5.91 Å². The van der Waals surface area contributed by atoms with Crippen molar-refractivity contribution < 1.29 is 46.8 Å². The largest absolute Gasteiger partial charge is 0.493 e. The average Bonchev–Trinajstić information content (AvgIpc) is 3.41. The van der Waals surface area contributed by atoms with Crippen molar-refractivity contribution in [3.05, 3.63) is 86.8 Å². The van der Waals surface area contributed by atoms with Crippen LogP contribution in [0.5, 0.6) is 11.5 Å². The molecule has 3 aliphatic rings. The number of ether oxygens (including phenoxy) is 4. The highest BCUT2D eigenvalue weighted by Crippen LogP contribution is 2.39. The first-order valence-electron chi connectivity index (χ1n) is 17.4. The summed E-state index contributed by atoms with van der Waals surface area (Å²) in [6.45, 7) is 7.69. The number of benzene rings is 3. The van der Waals surface area contributed by atoms with Crippen LogP contribution in [0.4, 0.5) is 13.2 Å². The molecule has 0 unspecified atom stereocenters. The second kappa shape index (κ2) is 18.3. The first-order valence-corrected chi connectivity index (χ1v) is 19.0. The molecule has 3 aromatic carbocycles. The monoisotopic (exact) mass is 805 g/mol. The van der Waals surface area contributed by atoms with Gasteiger partial charge in [-0.1, -0.05) is 47.7 Å². The number of carbonyl (C=O) groups excluding carboxylic acids is 1. The minimum absolute atomic E-state index is 0.175. The minimum atomic E-state index is -4.58. The fourth-order valence-corrected chi connectivity index (χ4v) is 7.81. The fourth-order valence-electron chi connectivity index (χ4n) is 6.22. The van der Waals surface area contributed by atoms with E-state index in [1.807, 2.05) is 0 Å². The Morgan fingerprint density at radius 1 is 0.889 bits per heavy atom. The molecule has 54 heavy (non-hydrogen) atoms. The van der Waals surface area contributed by atoms with Crippen LogP contribution in [-0.2, 0) is 27.0 Å². The van der Waals surface area contributed by atoms with Gasteiger partial charge in [0.1, 0.15) is 22.4 Å². The molecule has 16 heteroatoms. The highest BCUT2D eigenvalue weighted by molar-refractivity contribution is 8.26. The molecule has 1 amide bonds. The standard InChI is InChI=1S/C38H39ClF3N3O7S2/c39-31-22-26(2-5-30(31)38(40,41)42)25-3-6-32(52-19-13-43-9-15-49-16-10-43)28(20-25)23-34-35(46)45(37(53)54-34)8-1-14-51-33-7-4-27(36(47)48)21-29(33)24-44-11-17-50-18-12-44/h2-7,20-23H,1,8-19,24H2,(H,47,48). The number of hydrogen-bond acceptors (Lipinski definition) is 10. The Hall–Kier alpha value is -3.70. The Labute approximate surface area is 325 Å². The molecule has 3 fully saturated rings. The van der Waals surface area contributed by atoms with E-state index in [2.05, 4.69) is 9.80 Å². The summed E-state index contributed by atoms with van der Waals surface area (Å²) in [6.07, 6.45) is -2.44. The van der Waals surface area contributed by atoms with Crippen LogP contribution in [0.15, 0.2) is 59.5 Å². The highest BCUT2D eigenvalue weighted by Gasteiger charge is 2.34. The van der Waals surface area contributed by atoms with E-state index >= 15 is 0 Å². The Balaban J connectivity index is 1.15. The predicted molar refractivity (Wildman–Crippen MR) is 204 cm³/mol. The van der Waals surface area contributed by atoms with Crippen LogP contribution in [0, 0.1) is 0 Å². The fraction of sp³-hybridized carbons (Fsp3) is 0.395. The zero-order valence-corrected chi connectivity index (χ0v) is 31.6. The second-order valence-corrected chi connectivity index (χ2v) is 14.9. The molecule has 0 aromatic heterocycles. The van der Waals surface area contributed by atoms with Gasteiger partial charge in [-0.25, -0.2) is 4.79 Å². The lowest BCUT2D eigenvalue weighted by molar-refractivity contribution is -0.137. The lowest BCUT2D eigenvalue weighted by Crippen LogP contribution is -2.38. The highest BCUT2D eigenvalue weighted by atomic mass is 35.5. The van der Waals surface area contributed by atoms with E-state index in [9.17, 15) is 27.9 Å². The van der Waals surface area contributed by atoms with Crippen LogP contribution in [-0.4, -0.2) is 115 Å². The first-order chi connectivity index (χ1) is 26.0. The van der Waals surface area contributed by atoms with Gasteiger partial charge in [0, 0.05) is 56.9 Å². The second-order valence-electron chi connectivity index (χ2n) is 12.8. The summed E-state index contributed by atoms with van der Waals surface area (Å²) < 4.78 is 63.7. The van der Waals surface area contributed by atoms with E-state index in [0.29, 0.717) is 96.5 Å². The number of carboxylic acids is 1. The molecular formula is C38H39ClF3N3O7S2. The van der Waals surface area contributed by atoms with Gasteiger partial charge in [0.05, 0.1) is 54.1 Å². The predicted octanol–water partition coefficient (Wildman–Crippen LogP) is 6.94. The lowest BCUT2D eigenvalue weighted by atomic mass is 10.0. The van der Waals surface area contributed by atoms with Gasteiger partial charge in [-0.3, -0.25) is 19.5 Å². The van der Waals surface area contributed by atoms with Crippen molar-refractivity contribution in [2.45, 2.75) is 19.1 Å². The van der Waals surface area contributed by atoms with Crippen molar-refractivity contribution in [3.63, 3.8) is 0 Å². The van der Waals surface area contributed by atoms with Crippen molar-refractivity contribution in [3.8, 4) is 22.6 Å². The summed E-state index contributed by atoms with van der Waals surface area (Å²) in [5, 5.41) is 9.12. The number of halogens is 4. The van der Waals surface area contributed by atoms with Gasteiger partial charge in [0.15, 0.2) is 0 Å². The smallest absolute Gasteiger partial charge is 0.417 e. The SMILES string of the molecule is O=C(O)c1ccc(OCCCN2C(=O)C(=Cc3cc(-c4ccc(C(F)(F)F)c(Cl)c4)ccc3OCCN3CCOCC3)SC2=S)c(CN2CCOCC2)c1. The zero-order chi connectivity index (χ0) is 38.2. The molecule has 0 saturated carbocycles. The minimum Gasteiger partial charge on any atom is -0.493 e. The summed E-state index contributed by atoms with van der Waals surface area (Å²) in [4.78, 5) is 31.6. The van der Waals surface area contributed by atoms with Gasteiger partial charge < -0.3 is 24.1 Å². The van der Waals surface area contributed by atoms with Crippen LogP contribution >= 0.6 is 35.6 Å². The number of carbonyl (C=O) groups is 2. The van der Waals surface area contributed by atoms with Gasteiger partial charge >= 0.3 is 12.1 Å². The number of hydrogen-bond donors (Lipinski definition) is 1. The first kappa shape index (κ1) is 40.0. The van der Waals surface area contributed by atoms with Crippen molar-refractivity contribution in [2.75, 3.05) is 78.9 Å². The average molecular weight is 806 g/mol. The Morgan fingerprint density at radius 2 is 1.54 bits per heavy atom. The van der Waals surface area contributed by atoms with Crippen LogP contribution in [0.3, 0.4) is 0 Å². The van der Waals surface area contributed by atoms with E-state index in [1.54, 1.807) is 36.4 Å². The molecule has 3 saturated heterocycles. The maximum absolute atomic E-state index is 13.7. The summed E-state index contributed by atoms with van der Waals surface area (Å²) >= 11 is 12.8. The maximum atomic E-state index is 13.7. The number of thiocarbonyl (C=S) groups is 1. The quantitative estimate of drug-likeness (QED) is 0.104. The van der Waals surface area contributed by atoms with Gasteiger partial charge in [-0.15, -0.1) is 0 Å². The summed E-state index contributed by atoms with van der Waals surface area (Å²) in [5.41, 5.74) is 1.64. The molecule has 3 heterocycles. The van der Waals surface area contributed by atoms with E-state index in [0.717, 1.165) is 49.6 Å². The van der Waals surface area contributed by atoms with Gasteiger partial charge in [-0.05, 0) is 66.1 Å². The molecule has 1 N–H and O–H groups in total. The molecule has 288 valence electrons. The summed E-state index contributed by atoms with van der Waals surface area (Å²) in [6, 6.07) is 13.6. The number of aromatic carboxylic acids is 1. The molecule has 0 radical (unpaired) electrons. The Bertz CT molecular complexity index is 1890. The van der Waals surface area contributed by atoms with Crippen LogP contribution < -0.4 is 9.47 Å². The molecular weight excluding hydrogens is 767 g/mol. The summed E-state index contributed by atoms with van der Waals surface area (Å²) in [5.74, 6) is -0.224. The molecule has 10 nitrogen and oxygen atoms in total. The molecule has 0 aliphatic carbocycles. The third-order valence-corrected chi connectivity index (χ3v) is 10.8. The number of thioether (sulfide) groups is 1. The Morgan fingerprint density at radius 3 is 2.22 bits per heavy atom. The van der Waals surface area contributed by atoms with Crippen molar-refractivity contribution in [1.29, 1.82) is 0 Å². The normalized spacial score (nSPS) is 18.1. The molecule has 0 bridgehead atoms. The number of rotatable bonds is 14. The van der Waals surface area contributed by atoms with Crippen LogP contribution in [0.25, 0.3) is 17.2 Å². The van der Waals surface area contributed by atoms with Crippen molar-refractivity contribution in [1.82, 2.24) is 14.7 Å². The number of amides is 1. The van der Waals surface area contributed by atoms with Gasteiger partial charge in [0.2, 0.25) is 0 Å². The van der Waals surface area contributed by atoms with E-state index in [4.69, 9.17) is 42.8 Å². The third kappa shape index (κ3) is 10.3. The molecule has 3 aliphatic heterocycles. The summed E-state index contributed by atoms with van der Waals surface area (Å²) in [7, 11) is 0. The Kier molecular flexibility index (Phi) is 13.5. The van der Waals surface area contributed by atoms with E-state index in [-0.39, 0.29) is 18.1 Å². The van der Waals surface area contributed by atoms with Crippen molar-refractivity contribution in [2.24, 2.45) is 0 Å². The number of morpholine rings is 2. The molecule has 3 aromatic rings. The number of nitrogens with zero attached hydrogens (tertiary/aromatic N) is 3. The number of alkyl halides is 3. The molecule has 0 atom stereocenters. The zero-order valence-electron chi connectivity index (χ0n) is 29.2.